The summed E-state index contributed by atoms with van der Waals surface area (Å²) >= 11 is 1.33. The molecule has 0 saturated heterocycles. The molecule has 0 N–H and O–H groups in total. The van der Waals surface area contributed by atoms with Crippen molar-refractivity contribution in [2.45, 2.75) is 13.3 Å². The van der Waals surface area contributed by atoms with E-state index >= 15 is 0 Å². The minimum absolute atomic E-state index is 0.170. The summed E-state index contributed by atoms with van der Waals surface area (Å²) < 4.78 is 4.36. The van der Waals surface area contributed by atoms with Crippen LogP contribution in [0.15, 0.2) is 11.0 Å². The molecule has 3 nitrogen and oxygen atoms in total. The first kappa shape index (κ1) is 11.2. The Balaban J connectivity index is 4.12. The van der Waals surface area contributed by atoms with Gasteiger partial charge in [-0.15, -0.1) is 11.8 Å². The number of methoxy groups -OCH3 is 1. The average molecular weight is 188 g/mol. The third kappa shape index (κ3) is 3.57. The lowest BCUT2D eigenvalue weighted by Gasteiger charge is -2.00. The standard InChI is InChI=1S/C8H12O3S/c1-4-7(12-3)6(9)5-8(10)11-2/h4H,5H2,1-3H3. The molecule has 0 radical (unpaired) electrons. The van der Waals surface area contributed by atoms with E-state index in [0.717, 1.165) is 0 Å². The molecule has 0 rings (SSSR count). The second-order valence-electron chi connectivity index (χ2n) is 2.03. The van der Waals surface area contributed by atoms with Gasteiger partial charge in [0.15, 0.2) is 5.78 Å². The number of thioether (sulfide) groups is 1. The molecule has 0 aromatic rings. The van der Waals surface area contributed by atoms with Gasteiger partial charge in [0.1, 0.15) is 6.42 Å². The molecule has 68 valence electrons. The Morgan fingerprint density at radius 2 is 2.08 bits per heavy atom. The lowest BCUT2D eigenvalue weighted by molar-refractivity contribution is -0.142. The average Bonchev–Trinajstić information content (AvgIpc) is 2.06. The van der Waals surface area contributed by atoms with Crippen LogP contribution in [0.3, 0.4) is 0 Å². The lowest BCUT2D eigenvalue weighted by atomic mass is 10.2. The molecule has 0 aromatic carbocycles. The molecule has 0 spiro atoms. The molecule has 0 unspecified atom stereocenters. The number of hydrogen-bond acceptors (Lipinski definition) is 4. The maximum atomic E-state index is 11.2. The van der Waals surface area contributed by atoms with Gasteiger partial charge in [-0.2, -0.15) is 0 Å². The van der Waals surface area contributed by atoms with E-state index in [1.807, 2.05) is 0 Å². The summed E-state index contributed by atoms with van der Waals surface area (Å²) in [5, 5.41) is 0. The minimum Gasteiger partial charge on any atom is -0.469 e. The van der Waals surface area contributed by atoms with E-state index in [1.54, 1.807) is 19.3 Å². The number of rotatable bonds is 4. The van der Waals surface area contributed by atoms with Crippen molar-refractivity contribution in [2.75, 3.05) is 13.4 Å². The maximum absolute atomic E-state index is 11.2. The van der Waals surface area contributed by atoms with Gasteiger partial charge < -0.3 is 4.74 Å². The van der Waals surface area contributed by atoms with Crippen LogP contribution in [0.2, 0.25) is 0 Å². The summed E-state index contributed by atoms with van der Waals surface area (Å²) in [6.07, 6.45) is 3.32. The van der Waals surface area contributed by atoms with Crippen LogP contribution in [0.25, 0.3) is 0 Å². The summed E-state index contributed by atoms with van der Waals surface area (Å²) in [6, 6.07) is 0. The van der Waals surface area contributed by atoms with Crippen LogP contribution < -0.4 is 0 Å². The van der Waals surface area contributed by atoms with Crippen molar-refractivity contribution in [2.24, 2.45) is 0 Å². The summed E-state index contributed by atoms with van der Waals surface area (Å²) in [6.45, 7) is 1.76. The predicted octanol–water partition coefficient (Wildman–Crippen LogP) is 1.39. The van der Waals surface area contributed by atoms with Gasteiger partial charge in [0.2, 0.25) is 0 Å². The quantitative estimate of drug-likeness (QED) is 0.380. The normalized spacial score (nSPS) is 11.1. The number of hydrogen-bond donors (Lipinski definition) is 0. The van der Waals surface area contributed by atoms with E-state index in [1.165, 1.54) is 18.9 Å². The second-order valence-corrected chi connectivity index (χ2v) is 2.88. The van der Waals surface area contributed by atoms with Crippen LogP contribution in [0.4, 0.5) is 0 Å². The number of carbonyl (C=O) groups excluding carboxylic acids is 2. The van der Waals surface area contributed by atoms with Crippen molar-refractivity contribution in [3.63, 3.8) is 0 Å². The smallest absolute Gasteiger partial charge is 0.313 e. The first-order valence-corrected chi connectivity index (χ1v) is 4.68. The molecule has 0 heterocycles. The van der Waals surface area contributed by atoms with Gasteiger partial charge in [-0.05, 0) is 13.2 Å². The van der Waals surface area contributed by atoms with Crippen molar-refractivity contribution >= 4 is 23.5 Å². The fourth-order valence-electron chi connectivity index (χ4n) is 0.683. The Morgan fingerprint density at radius 3 is 2.42 bits per heavy atom. The zero-order valence-corrected chi connectivity index (χ0v) is 8.23. The number of ether oxygens (including phenoxy) is 1. The summed E-state index contributed by atoms with van der Waals surface area (Å²) in [7, 11) is 1.27. The van der Waals surface area contributed by atoms with Crippen LogP contribution in [0.5, 0.6) is 0 Å². The minimum atomic E-state index is -0.492. The molecule has 0 atom stereocenters. The molecular weight excluding hydrogens is 176 g/mol. The van der Waals surface area contributed by atoms with E-state index in [4.69, 9.17) is 0 Å². The molecule has 0 bridgehead atoms. The third-order valence-corrected chi connectivity index (χ3v) is 2.19. The first-order valence-electron chi connectivity index (χ1n) is 3.46. The number of carbonyl (C=O) groups is 2. The predicted molar refractivity (Wildman–Crippen MR) is 48.9 cm³/mol. The Kier molecular flexibility index (Phi) is 5.45. The van der Waals surface area contributed by atoms with Gasteiger partial charge >= 0.3 is 5.97 Å². The highest BCUT2D eigenvalue weighted by Gasteiger charge is 2.12. The topological polar surface area (TPSA) is 43.4 Å². The van der Waals surface area contributed by atoms with Gasteiger partial charge in [-0.1, -0.05) is 6.08 Å². The maximum Gasteiger partial charge on any atom is 0.313 e. The number of allylic oxidation sites excluding steroid dienone is 2. The molecule has 4 heteroatoms. The van der Waals surface area contributed by atoms with Crippen LogP contribution >= 0.6 is 11.8 Å². The van der Waals surface area contributed by atoms with Crippen molar-refractivity contribution in [1.29, 1.82) is 0 Å². The van der Waals surface area contributed by atoms with Crippen molar-refractivity contribution in [3.8, 4) is 0 Å². The highest BCUT2D eigenvalue weighted by molar-refractivity contribution is 8.03. The molecular formula is C8H12O3S. The van der Waals surface area contributed by atoms with Gasteiger partial charge in [-0.25, -0.2) is 0 Å². The monoisotopic (exact) mass is 188 g/mol. The zero-order chi connectivity index (χ0) is 9.56. The number of esters is 1. The zero-order valence-electron chi connectivity index (χ0n) is 7.42. The molecule has 0 aliphatic rings. The van der Waals surface area contributed by atoms with Crippen molar-refractivity contribution in [1.82, 2.24) is 0 Å². The highest BCUT2D eigenvalue weighted by atomic mass is 32.2. The van der Waals surface area contributed by atoms with Gasteiger partial charge in [0, 0.05) is 4.91 Å². The van der Waals surface area contributed by atoms with Crippen LogP contribution in [-0.4, -0.2) is 25.1 Å². The highest BCUT2D eigenvalue weighted by Crippen LogP contribution is 2.13. The van der Waals surface area contributed by atoms with E-state index in [0.29, 0.717) is 4.91 Å². The lowest BCUT2D eigenvalue weighted by Crippen LogP contribution is -2.09. The van der Waals surface area contributed by atoms with Crippen LogP contribution in [0.1, 0.15) is 13.3 Å². The molecule has 0 saturated carbocycles. The first-order chi connectivity index (χ1) is 5.65. The number of Topliss-reactive ketones (excluding diaryl/α,β-unsaturated/α-hetero) is 1. The fourth-order valence-corrected chi connectivity index (χ4v) is 1.22. The molecule has 12 heavy (non-hydrogen) atoms. The van der Waals surface area contributed by atoms with Crippen molar-refractivity contribution < 1.29 is 14.3 Å². The fraction of sp³-hybridized carbons (Fsp3) is 0.500. The molecule has 0 amide bonds. The molecule has 0 aliphatic carbocycles. The molecule has 0 aromatic heterocycles. The van der Waals surface area contributed by atoms with E-state index in [-0.39, 0.29) is 12.2 Å². The van der Waals surface area contributed by atoms with Gasteiger partial charge in [0.25, 0.3) is 0 Å². The SMILES string of the molecule is CC=C(SC)C(=O)CC(=O)OC. The van der Waals surface area contributed by atoms with Crippen LogP contribution in [-0.2, 0) is 14.3 Å². The van der Waals surface area contributed by atoms with Gasteiger partial charge in [-0.3, -0.25) is 9.59 Å². The summed E-state index contributed by atoms with van der Waals surface area (Å²) in [4.78, 5) is 22.5. The summed E-state index contributed by atoms with van der Waals surface area (Å²) in [5.41, 5.74) is 0. The molecule has 0 fully saturated rings. The Morgan fingerprint density at radius 1 is 1.50 bits per heavy atom. The van der Waals surface area contributed by atoms with E-state index in [9.17, 15) is 9.59 Å². The Bertz CT molecular complexity index is 208. The van der Waals surface area contributed by atoms with E-state index in [2.05, 4.69) is 4.74 Å². The summed E-state index contributed by atoms with van der Waals surface area (Å²) in [5.74, 6) is -0.676. The Hall–Kier alpha value is -0.770. The third-order valence-electron chi connectivity index (χ3n) is 1.29. The largest absolute Gasteiger partial charge is 0.469 e. The number of ketones is 1. The van der Waals surface area contributed by atoms with E-state index < -0.39 is 5.97 Å². The van der Waals surface area contributed by atoms with Crippen LogP contribution in [0, 0.1) is 0 Å². The van der Waals surface area contributed by atoms with Crippen molar-refractivity contribution in [3.05, 3.63) is 11.0 Å². The Labute approximate surface area is 76.2 Å². The second kappa shape index (κ2) is 5.83. The van der Waals surface area contributed by atoms with Gasteiger partial charge in [0.05, 0.1) is 7.11 Å². The molecule has 0 aliphatic heterocycles.